The average molecular weight is 256 g/mol. The van der Waals surface area contributed by atoms with Crippen molar-refractivity contribution in [2.24, 2.45) is 0 Å². The van der Waals surface area contributed by atoms with E-state index in [4.69, 9.17) is 10.2 Å². The maximum absolute atomic E-state index is 11.8. The van der Waals surface area contributed by atoms with E-state index >= 15 is 0 Å². The summed E-state index contributed by atoms with van der Waals surface area (Å²) in [6.45, 7) is 0.371. The topological polar surface area (TPSA) is 81.4 Å². The second kappa shape index (κ2) is 4.20. The molecule has 5 nitrogen and oxygen atoms in total. The van der Waals surface area contributed by atoms with Crippen molar-refractivity contribution in [1.29, 1.82) is 0 Å². The first-order valence-corrected chi connectivity index (χ1v) is 5.80. The average Bonchev–Trinajstić information content (AvgIpc) is 2.69. The standard InChI is InChI=1S/C14H12N2O3/c15-10-3-6-13-12(7-10)16(14(18)19-13)8-9-1-4-11(17)5-2-9/h1-7,17H,8,15H2. The number of oxazole rings is 1. The molecule has 3 aromatic rings. The van der Waals surface area contributed by atoms with Crippen LogP contribution in [0, 0.1) is 0 Å². The molecule has 1 aromatic heterocycles. The highest BCUT2D eigenvalue weighted by Crippen LogP contribution is 2.18. The van der Waals surface area contributed by atoms with Crippen LogP contribution in [0.2, 0.25) is 0 Å². The summed E-state index contributed by atoms with van der Waals surface area (Å²) in [5.74, 6) is -0.230. The summed E-state index contributed by atoms with van der Waals surface area (Å²) in [6.07, 6.45) is 0. The third-order valence-electron chi connectivity index (χ3n) is 2.97. The Balaban J connectivity index is 2.09. The minimum atomic E-state index is -0.423. The minimum Gasteiger partial charge on any atom is -0.508 e. The smallest absolute Gasteiger partial charge is 0.420 e. The first kappa shape index (κ1) is 11.4. The van der Waals surface area contributed by atoms with Gasteiger partial charge in [-0.2, -0.15) is 0 Å². The number of aromatic nitrogens is 1. The van der Waals surface area contributed by atoms with E-state index in [9.17, 15) is 9.90 Å². The van der Waals surface area contributed by atoms with Gasteiger partial charge in [-0.05, 0) is 35.9 Å². The van der Waals surface area contributed by atoms with E-state index in [0.29, 0.717) is 23.3 Å². The fourth-order valence-corrected chi connectivity index (χ4v) is 2.01. The van der Waals surface area contributed by atoms with Gasteiger partial charge in [0, 0.05) is 5.69 Å². The zero-order valence-electron chi connectivity index (χ0n) is 10.0. The summed E-state index contributed by atoms with van der Waals surface area (Å²) in [5, 5.41) is 9.24. The predicted octanol–water partition coefficient (Wildman–Crippen LogP) is 1.93. The van der Waals surface area contributed by atoms with Crippen LogP contribution in [0.25, 0.3) is 11.1 Å². The Morgan fingerprint density at radius 2 is 1.89 bits per heavy atom. The Morgan fingerprint density at radius 3 is 2.63 bits per heavy atom. The van der Waals surface area contributed by atoms with E-state index in [1.165, 1.54) is 4.57 Å². The number of nitrogen functional groups attached to an aromatic ring is 1. The van der Waals surface area contributed by atoms with E-state index in [1.54, 1.807) is 42.5 Å². The summed E-state index contributed by atoms with van der Waals surface area (Å²) in [7, 11) is 0. The molecule has 19 heavy (non-hydrogen) atoms. The minimum absolute atomic E-state index is 0.192. The molecule has 0 saturated carbocycles. The Kier molecular flexibility index (Phi) is 2.52. The number of phenolic OH excluding ortho intramolecular Hbond substituents is 1. The number of anilines is 1. The number of hydrogen-bond acceptors (Lipinski definition) is 4. The van der Waals surface area contributed by atoms with Crippen LogP contribution in [-0.4, -0.2) is 9.67 Å². The van der Waals surface area contributed by atoms with E-state index in [0.717, 1.165) is 5.56 Å². The molecule has 3 rings (SSSR count). The van der Waals surface area contributed by atoms with Gasteiger partial charge in [-0.25, -0.2) is 4.79 Å². The molecule has 5 heteroatoms. The molecule has 3 N–H and O–H groups in total. The Hall–Kier alpha value is -2.69. The second-order valence-electron chi connectivity index (χ2n) is 4.35. The van der Waals surface area contributed by atoms with Gasteiger partial charge in [-0.3, -0.25) is 4.57 Å². The molecule has 0 spiro atoms. The van der Waals surface area contributed by atoms with E-state index in [2.05, 4.69) is 0 Å². The van der Waals surface area contributed by atoms with Crippen LogP contribution in [0.1, 0.15) is 5.56 Å². The maximum atomic E-state index is 11.8. The van der Waals surface area contributed by atoms with Crippen LogP contribution < -0.4 is 11.5 Å². The number of benzene rings is 2. The largest absolute Gasteiger partial charge is 0.508 e. The third kappa shape index (κ3) is 2.06. The summed E-state index contributed by atoms with van der Waals surface area (Å²) in [4.78, 5) is 11.8. The van der Waals surface area contributed by atoms with Gasteiger partial charge in [0.25, 0.3) is 0 Å². The van der Waals surface area contributed by atoms with Gasteiger partial charge in [0.2, 0.25) is 0 Å². The zero-order chi connectivity index (χ0) is 13.4. The lowest BCUT2D eigenvalue weighted by Gasteiger charge is -2.03. The number of nitrogens with zero attached hydrogens (tertiary/aromatic N) is 1. The number of hydrogen-bond donors (Lipinski definition) is 2. The van der Waals surface area contributed by atoms with Crippen LogP contribution in [0.5, 0.6) is 5.75 Å². The van der Waals surface area contributed by atoms with Crippen molar-refractivity contribution in [3.8, 4) is 5.75 Å². The van der Waals surface area contributed by atoms with Gasteiger partial charge < -0.3 is 15.3 Å². The molecular weight excluding hydrogens is 244 g/mol. The van der Waals surface area contributed by atoms with E-state index < -0.39 is 5.76 Å². The number of nitrogens with two attached hydrogens (primary N) is 1. The van der Waals surface area contributed by atoms with Gasteiger partial charge in [-0.15, -0.1) is 0 Å². The van der Waals surface area contributed by atoms with E-state index in [1.807, 2.05) is 0 Å². The molecule has 2 aromatic carbocycles. The Morgan fingerprint density at radius 1 is 1.16 bits per heavy atom. The van der Waals surface area contributed by atoms with Gasteiger partial charge in [0.15, 0.2) is 5.58 Å². The highest BCUT2D eigenvalue weighted by atomic mass is 16.4. The van der Waals surface area contributed by atoms with Gasteiger partial charge >= 0.3 is 5.76 Å². The molecule has 0 atom stereocenters. The molecule has 0 radical (unpaired) electrons. The van der Waals surface area contributed by atoms with Gasteiger partial charge in [0.05, 0.1) is 12.1 Å². The quantitative estimate of drug-likeness (QED) is 0.686. The first-order chi connectivity index (χ1) is 9.13. The molecule has 0 aliphatic heterocycles. The fourth-order valence-electron chi connectivity index (χ4n) is 2.01. The maximum Gasteiger partial charge on any atom is 0.420 e. The molecular formula is C14H12N2O3. The molecule has 0 unspecified atom stereocenters. The van der Waals surface area contributed by atoms with Crippen molar-refractivity contribution in [3.05, 3.63) is 58.6 Å². The van der Waals surface area contributed by atoms with Crippen LogP contribution in [0.4, 0.5) is 5.69 Å². The SMILES string of the molecule is Nc1ccc2oc(=O)n(Cc3ccc(O)cc3)c2c1. The molecule has 1 heterocycles. The highest BCUT2D eigenvalue weighted by molar-refractivity contribution is 5.77. The first-order valence-electron chi connectivity index (χ1n) is 5.80. The highest BCUT2D eigenvalue weighted by Gasteiger charge is 2.09. The van der Waals surface area contributed by atoms with Gasteiger partial charge in [-0.1, -0.05) is 12.1 Å². The van der Waals surface area contributed by atoms with Crippen LogP contribution in [0.15, 0.2) is 51.7 Å². The number of phenols is 1. The summed E-state index contributed by atoms with van der Waals surface area (Å²) in [6, 6.07) is 11.8. The van der Waals surface area contributed by atoms with Crippen LogP contribution >= 0.6 is 0 Å². The fraction of sp³-hybridized carbons (Fsp3) is 0.0714. The van der Waals surface area contributed by atoms with Crippen molar-refractivity contribution in [2.75, 3.05) is 5.73 Å². The molecule has 0 fully saturated rings. The monoisotopic (exact) mass is 256 g/mol. The summed E-state index contributed by atoms with van der Waals surface area (Å²) < 4.78 is 6.66. The predicted molar refractivity (Wildman–Crippen MR) is 72.1 cm³/mol. The van der Waals surface area contributed by atoms with Gasteiger partial charge in [0.1, 0.15) is 5.75 Å². The lowest BCUT2D eigenvalue weighted by molar-refractivity contribution is 0.475. The Bertz CT molecular complexity index is 785. The lowest BCUT2D eigenvalue weighted by Crippen LogP contribution is -2.14. The molecule has 0 saturated heterocycles. The number of rotatable bonds is 2. The summed E-state index contributed by atoms with van der Waals surface area (Å²) in [5.41, 5.74) is 8.37. The van der Waals surface area contributed by atoms with Crippen molar-refractivity contribution in [3.63, 3.8) is 0 Å². The van der Waals surface area contributed by atoms with Crippen molar-refractivity contribution in [2.45, 2.75) is 6.54 Å². The van der Waals surface area contributed by atoms with Crippen molar-refractivity contribution < 1.29 is 9.52 Å². The zero-order valence-corrected chi connectivity index (χ0v) is 10.0. The van der Waals surface area contributed by atoms with Crippen molar-refractivity contribution >= 4 is 16.8 Å². The number of aromatic hydroxyl groups is 1. The molecule has 0 aliphatic carbocycles. The third-order valence-corrected chi connectivity index (χ3v) is 2.97. The second-order valence-corrected chi connectivity index (χ2v) is 4.35. The molecule has 0 aliphatic rings. The van der Waals surface area contributed by atoms with Crippen molar-refractivity contribution in [1.82, 2.24) is 4.57 Å². The lowest BCUT2D eigenvalue weighted by atomic mass is 10.2. The van der Waals surface area contributed by atoms with Crippen LogP contribution in [-0.2, 0) is 6.54 Å². The molecule has 96 valence electrons. The normalized spacial score (nSPS) is 10.9. The Labute approximate surface area is 108 Å². The number of fused-ring (bicyclic) bond motifs is 1. The van der Waals surface area contributed by atoms with E-state index in [-0.39, 0.29) is 5.75 Å². The molecule has 0 bridgehead atoms. The summed E-state index contributed by atoms with van der Waals surface area (Å²) >= 11 is 0. The molecule has 0 amide bonds. The van der Waals surface area contributed by atoms with Crippen LogP contribution in [0.3, 0.4) is 0 Å².